The van der Waals surface area contributed by atoms with Gasteiger partial charge in [0, 0.05) is 12.1 Å². The van der Waals surface area contributed by atoms with Gasteiger partial charge in [-0.15, -0.1) is 0 Å². The summed E-state index contributed by atoms with van der Waals surface area (Å²) >= 11 is 0. The summed E-state index contributed by atoms with van der Waals surface area (Å²) in [6, 6.07) is 10.4. The van der Waals surface area contributed by atoms with Gasteiger partial charge in [-0.1, -0.05) is 42.5 Å². The highest BCUT2D eigenvalue weighted by molar-refractivity contribution is 6.01. The van der Waals surface area contributed by atoms with Gasteiger partial charge in [-0.3, -0.25) is 4.99 Å². The number of dihydropyridines is 1. The molecule has 0 atom stereocenters. The largest absolute Gasteiger partial charge is 0.285 e. The van der Waals surface area contributed by atoms with Crippen LogP contribution in [0.25, 0.3) is 0 Å². The normalized spacial score (nSPS) is 15.8. The zero-order valence-electron chi connectivity index (χ0n) is 6.90. The molecule has 2 rings (SSSR count). The van der Waals surface area contributed by atoms with Gasteiger partial charge in [0.15, 0.2) is 0 Å². The standard InChI is InChI=1S/C11H11N/c1-2-6-10(7-3-1)11-8-4-5-9-12-11/h1-7H,8-9H2. The van der Waals surface area contributed by atoms with Gasteiger partial charge in [-0.25, -0.2) is 0 Å². The summed E-state index contributed by atoms with van der Waals surface area (Å²) in [6.45, 7) is 0.838. The number of nitrogens with zero attached hydrogens (tertiary/aromatic N) is 1. The molecule has 60 valence electrons. The van der Waals surface area contributed by atoms with Crippen molar-refractivity contribution in [2.45, 2.75) is 6.42 Å². The first-order chi connectivity index (χ1) is 5.97. The van der Waals surface area contributed by atoms with E-state index in [0.717, 1.165) is 13.0 Å². The fraction of sp³-hybridized carbons (Fsp3) is 0.182. The molecule has 1 aliphatic heterocycles. The molecular weight excluding hydrogens is 146 g/mol. The minimum absolute atomic E-state index is 0.838. The molecule has 0 amide bonds. The van der Waals surface area contributed by atoms with Crippen LogP contribution >= 0.6 is 0 Å². The molecule has 0 N–H and O–H groups in total. The molecule has 0 spiro atoms. The summed E-state index contributed by atoms with van der Waals surface area (Å²) in [5.41, 5.74) is 2.46. The van der Waals surface area contributed by atoms with Crippen molar-refractivity contribution in [1.29, 1.82) is 0 Å². The second-order valence-corrected chi connectivity index (χ2v) is 2.83. The Hall–Kier alpha value is -1.37. The Kier molecular flexibility index (Phi) is 2.04. The molecule has 0 saturated carbocycles. The van der Waals surface area contributed by atoms with Crippen LogP contribution in [-0.2, 0) is 0 Å². The minimum atomic E-state index is 0.838. The van der Waals surface area contributed by atoms with E-state index in [0.29, 0.717) is 0 Å². The monoisotopic (exact) mass is 157 g/mol. The molecule has 1 nitrogen and oxygen atoms in total. The van der Waals surface area contributed by atoms with Crippen molar-refractivity contribution in [3.05, 3.63) is 48.0 Å². The molecule has 1 aromatic carbocycles. The molecule has 12 heavy (non-hydrogen) atoms. The molecule has 0 saturated heterocycles. The van der Waals surface area contributed by atoms with Crippen LogP contribution in [0.1, 0.15) is 12.0 Å². The average molecular weight is 157 g/mol. The lowest BCUT2D eigenvalue weighted by atomic mass is 10.1. The molecule has 1 aromatic rings. The van der Waals surface area contributed by atoms with E-state index in [1.807, 2.05) is 6.07 Å². The van der Waals surface area contributed by atoms with Crippen molar-refractivity contribution in [2.75, 3.05) is 6.54 Å². The average Bonchev–Trinajstić information content (AvgIpc) is 2.21. The number of allylic oxidation sites excluding steroid dienone is 1. The van der Waals surface area contributed by atoms with E-state index < -0.39 is 0 Å². The molecule has 0 aliphatic carbocycles. The smallest absolute Gasteiger partial charge is 0.0574 e. The molecule has 0 unspecified atom stereocenters. The quantitative estimate of drug-likeness (QED) is 0.555. The number of hydrogen-bond donors (Lipinski definition) is 0. The van der Waals surface area contributed by atoms with Crippen LogP contribution in [0.5, 0.6) is 0 Å². The molecule has 0 radical (unpaired) electrons. The lowest BCUT2D eigenvalue weighted by Crippen LogP contribution is -2.03. The van der Waals surface area contributed by atoms with Crippen molar-refractivity contribution >= 4 is 5.71 Å². The number of hydrogen-bond acceptors (Lipinski definition) is 1. The summed E-state index contributed by atoms with van der Waals surface area (Å²) in [4.78, 5) is 4.43. The zero-order valence-corrected chi connectivity index (χ0v) is 6.90. The van der Waals surface area contributed by atoms with Crippen LogP contribution in [0.15, 0.2) is 47.5 Å². The molecule has 1 heteroatoms. The Morgan fingerprint density at radius 1 is 1.00 bits per heavy atom. The molecule has 1 heterocycles. The molecular formula is C11H11N. The van der Waals surface area contributed by atoms with Crippen LogP contribution in [-0.4, -0.2) is 12.3 Å². The molecule has 1 aliphatic rings. The molecule has 0 bridgehead atoms. The SMILES string of the molecule is C1=CCC(c2ccccc2)=NC1. The first-order valence-corrected chi connectivity index (χ1v) is 4.20. The summed E-state index contributed by atoms with van der Waals surface area (Å²) in [5.74, 6) is 0. The van der Waals surface area contributed by atoms with E-state index in [9.17, 15) is 0 Å². The second-order valence-electron chi connectivity index (χ2n) is 2.83. The zero-order chi connectivity index (χ0) is 8.23. The van der Waals surface area contributed by atoms with Crippen LogP contribution in [0.4, 0.5) is 0 Å². The van der Waals surface area contributed by atoms with Crippen molar-refractivity contribution in [3.8, 4) is 0 Å². The molecule has 0 fully saturated rings. The van der Waals surface area contributed by atoms with Gasteiger partial charge in [0.05, 0.1) is 6.54 Å². The van der Waals surface area contributed by atoms with Gasteiger partial charge in [0.2, 0.25) is 0 Å². The maximum Gasteiger partial charge on any atom is 0.0574 e. The van der Waals surface area contributed by atoms with Crippen LogP contribution in [0, 0.1) is 0 Å². The maximum absolute atomic E-state index is 4.43. The summed E-state index contributed by atoms with van der Waals surface area (Å²) in [5, 5.41) is 0. The lowest BCUT2D eigenvalue weighted by Gasteiger charge is -2.06. The lowest BCUT2D eigenvalue weighted by molar-refractivity contribution is 1.16. The first-order valence-electron chi connectivity index (χ1n) is 4.20. The third-order valence-corrected chi connectivity index (χ3v) is 1.97. The van der Waals surface area contributed by atoms with E-state index in [2.05, 4.69) is 41.4 Å². The van der Waals surface area contributed by atoms with Crippen molar-refractivity contribution in [2.24, 2.45) is 4.99 Å². The van der Waals surface area contributed by atoms with E-state index in [1.54, 1.807) is 0 Å². The summed E-state index contributed by atoms with van der Waals surface area (Å²) < 4.78 is 0. The summed E-state index contributed by atoms with van der Waals surface area (Å²) in [7, 11) is 0. The second kappa shape index (κ2) is 3.35. The van der Waals surface area contributed by atoms with Gasteiger partial charge in [-0.05, 0) is 5.56 Å². The van der Waals surface area contributed by atoms with E-state index in [-0.39, 0.29) is 0 Å². The van der Waals surface area contributed by atoms with Gasteiger partial charge >= 0.3 is 0 Å². The van der Waals surface area contributed by atoms with Gasteiger partial charge in [-0.2, -0.15) is 0 Å². The van der Waals surface area contributed by atoms with Gasteiger partial charge in [0.25, 0.3) is 0 Å². The predicted molar refractivity (Wildman–Crippen MR) is 51.6 cm³/mol. The Labute approximate surface area is 72.5 Å². The van der Waals surface area contributed by atoms with E-state index in [4.69, 9.17) is 0 Å². The Morgan fingerprint density at radius 2 is 1.83 bits per heavy atom. The Morgan fingerprint density at radius 3 is 2.50 bits per heavy atom. The van der Waals surface area contributed by atoms with Crippen LogP contribution in [0.3, 0.4) is 0 Å². The Balaban J connectivity index is 2.26. The van der Waals surface area contributed by atoms with E-state index >= 15 is 0 Å². The fourth-order valence-corrected chi connectivity index (χ4v) is 1.34. The highest BCUT2D eigenvalue weighted by Crippen LogP contribution is 2.08. The van der Waals surface area contributed by atoms with Crippen LogP contribution < -0.4 is 0 Å². The fourth-order valence-electron chi connectivity index (χ4n) is 1.34. The highest BCUT2D eigenvalue weighted by atomic mass is 14.7. The van der Waals surface area contributed by atoms with Crippen molar-refractivity contribution in [3.63, 3.8) is 0 Å². The summed E-state index contributed by atoms with van der Waals surface area (Å²) in [6.07, 6.45) is 5.26. The molecule has 0 aromatic heterocycles. The van der Waals surface area contributed by atoms with Crippen molar-refractivity contribution < 1.29 is 0 Å². The maximum atomic E-state index is 4.43. The van der Waals surface area contributed by atoms with Crippen LogP contribution in [0.2, 0.25) is 0 Å². The Bertz CT molecular complexity index is 309. The van der Waals surface area contributed by atoms with Gasteiger partial charge < -0.3 is 0 Å². The third kappa shape index (κ3) is 1.45. The minimum Gasteiger partial charge on any atom is -0.285 e. The van der Waals surface area contributed by atoms with E-state index in [1.165, 1.54) is 11.3 Å². The number of rotatable bonds is 1. The van der Waals surface area contributed by atoms with Gasteiger partial charge in [0.1, 0.15) is 0 Å². The third-order valence-electron chi connectivity index (χ3n) is 1.97. The first kappa shape index (κ1) is 7.29. The van der Waals surface area contributed by atoms with Crippen molar-refractivity contribution in [1.82, 2.24) is 0 Å². The highest BCUT2D eigenvalue weighted by Gasteiger charge is 2.01. The number of aliphatic imine (C=N–C) groups is 1. The predicted octanol–water partition coefficient (Wildman–Crippen LogP) is 2.44. The number of benzene rings is 1. The topological polar surface area (TPSA) is 12.4 Å².